The van der Waals surface area contributed by atoms with Crippen molar-refractivity contribution in [2.75, 3.05) is 27.2 Å². The van der Waals surface area contributed by atoms with E-state index in [1.807, 2.05) is 23.1 Å². The standard InChI is InChI=1S/C18H24N4O2/c1-12-10-22(11-16(12)20(2)3)17(23)9-15-13-7-5-6-8-14(13)18(24)21(4)19-15/h5-8,12,16H,9-11H2,1-4H3/t12-,16-/m0/s1. The normalized spacial score (nSPS) is 21.0. The highest BCUT2D eigenvalue weighted by molar-refractivity contribution is 5.88. The van der Waals surface area contributed by atoms with Crippen molar-refractivity contribution < 1.29 is 4.79 Å². The Hall–Kier alpha value is -2.21. The number of carbonyl (C=O) groups excluding carboxylic acids is 1. The first kappa shape index (κ1) is 16.6. The highest BCUT2D eigenvalue weighted by atomic mass is 16.2. The summed E-state index contributed by atoms with van der Waals surface area (Å²) in [5.74, 6) is 0.524. The van der Waals surface area contributed by atoms with Crippen molar-refractivity contribution in [1.82, 2.24) is 19.6 Å². The van der Waals surface area contributed by atoms with E-state index in [-0.39, 0.29) is 17.9 Å². The molecule has 1 fully saturated rings. The summed E-state index contributed by atoms with van der Waals surface area (Å²) < 4.78 is 1.32. The molecule has 1 aliphatic rings. The van der Waals surface area contributed by atoms with E-state index in [2.05, 4.69) is 31.0 Å². The fourth-order valence-corrected chi connectivity index (χ4v) is 3.59. The zero-order valence-corrected chi connectivity index (χ0v) is 14.7. The lowest BCUT2D eigenvalue weighted by Crippen LogP contribution is -2.36. The number of likely N-dealkylation sites (tertiary alicyclic amines) is 1. The average molecular weight is 328 g/mol. The number of carbonyl (C=O) groups is 1. The molecular formula is C18H24N4O2. The predicted molar refractivity (Wildman–Crippen MR) is 93.9 cm³/mol. The summed E-state index contributed by atoms with van der Waals surface area (Å²) >= 11 is 0. The second kappa shape index (κ2) is 6.36. The summed E-state index contributed by atoms with van der Waals surface area (Å²) in [5.41, 5.74) is 0.530. The van der Waals surface area contributed by atoms with Crippen LogP contribution >= 0.6 is 0 Å². The van der Waals surface area contributed by atoms with Gasteiger partial charge in [-0.25, -0.2) is 4.68 Å². The average Bonchev–Trinajstić information content (AvgIpc) is 2.94. The second-order valence-electron chi connectivity index (χ2n) is 6.90. The molecule has 0 N–H and O–H groups in total. The molecular weight excluding hydrogens is 304 g/mol. The van der Waals surface area contributed by atoms with Gasteiger partial charge in [-0.05, 0) is 26.1 Å². The van der Waals surface area contributed by atoms with Crippen LogP contribution in [0, 0.1) is 5.92 Å². The molecule has 6 nitrogen and oxygen atoms in total. The van der Waals surface area contributed by atoms with E-state index < -0.39 is 0 Å². The van der Waals surface area contributed by atoms with Gasteiger partial charge in [0.1, 0.15) is 0 Å². The molecule has 1 saturated heterocycles. The van der Waals surface area contributed by atoms with Crippen LogP contribution in [-0.4, -0.2) is 58.7 Å². The first-order chi connectivity index (χ1) is 11.4. The number of likely N-dealkylation sites (N-methyl/N-ethyl adjacent to an activating group) is 1. The van der Waals surface area contributed by atoms with Gasteiger partial charge in [0, 0.05) is 31.6 Å². The zero-order chi connectivity index (χ0) is 17.4. The van der Waals surface area contributed by atoms with Crippen LogP contribution in [0.4, 0.5) is 0 Å². The molecule has 0 unspecified atom stereocenters. The van der Waals surface area contributed by atoms with E-state index in [0.717, 1.165) is 18.5 Å². The van der Waals surface area contributed by atoms with Crippen molar-refractivity contribution in [2.24, 2.45) is 13.0 Å². The molecule has 0 spiro atoms. The minimum Gasteiger partial charge on any atom is -0.340 e. The number of aromatic nitrogens is 2. The summed E-state index contributed by atoms with van der Waals surface area (Å²) in [7, 11) is 5.73. The zero-order valence-electron chi connectivity index (χ0n) is 14.7. The summed E-state index contributed by atoms with van der Waals surface area (Å²) in [5, 5.41) is 5.71. The molecule has 1 aromatic carbocycles. The first-order valence-corrected chi connectivity index (χ1v) is 8.27. The maximum absolute atomic E-state index is 12.7. The molecule has 6 heteroatoms. The van der Waals surface area contributed by atoms with Gasteiger partial charge in [-0.15, -0.1) is 0 Å². The fraction of sp³-hybridized carbons (Fsp3) is 0.500. The van der Waals surface area contributed by atoms with Gasteiger partial charge in [0.2, 0.25) is 5.91 Å². The van der Waals surface area contributed by atoms with Gasteiger partial charge in [-0.2, -0.15) is 5.10 Å². The van der Waals surface area contributed by atoms with Crippen molar-refractivity contribution in [2.45, 2.75) is 19.4 Å². The van der Waals surface area contributed by atoms with Crippen molar-refractivity contribution in [3.8, 4) is 0 Å². The summed E-state index contributed by atoms with van der Waals surface area (Å²) in [4.78, 5) is 29.0. The number of hydrogen-bond donors (Lipinski definition) is 0. The molecule has 0 aliphatic carbocycles. The lowest BCUT2D eigenvalue weighted by Gasteiger charge is -2.22. The summed E-state index contributed by atoms with van der Waals surface area (Å²) in [6, 6.07) is 7.74. The third-order valence-electron chi connectivity index (χ3n) is 4.94. The number of fused-ring (bicyclic) bond motifs is 1. The molecule has 0 bridgehead atoms. The Balaban J connectivity index is 1.87. The largest absolute Gasteiger partial charge is 0.340 e. The van der Waals surface area contributed by atoms with Crippen molar-refractivity contribution >= 4 is 16.7 Å². The van der Waals surface area contributed by atoms with Crippen LogP contribution in [0.15, 0.2) is 29.1 Å². The SMILES string of the molecule is C[C@H]1CN(C(=O)Cc2nn(C)c(=O)c3ccccc23)C[C@@H]1N(C)C. The molecule has 0 saturated carbocycles. The number of rotatable bonds is 3. The van der Waals surface area contributed by atoms with Gasteiger partial charge in [-0.3, -0.25) is 9.59 Å². The lowest BCUT2D eigenvalue weighted by atomic mass is 10.1. The maximum Gasteiger partial charge on any atom is 0.274 e. The van der Waals surface area contributed by atoms with Gasteiger partial charge >= 0.3 is 0 Å². The van der Waals surface area contributed by atoms with E-state index in [0.29, 0.717) is 23.0 Å². The van der Waals surface area contributed by atoms with Gasteiger partial charge in [0.05, 0.1) is 17.5 Å². The van der Waals surface area contributed by atoms with Crippen molar-refractivity contribution in [3.05, 3.63) is 40.3 Å². The van der Waals surface area contributed by atoms with Crippen LogP contribution < -0.4 is 5.56 Å². The molecule has 0 radical (unpaired) electrons. The number of amides is 1. The minimum absolute atomic E-state index is 0.0718. The highest BCUT2D eigenvalue weighted by Gasteiger charge is 2.33. The Morgan fingerprint density at radius 3 is 2.54 bits per heavy atom. The number of aryl methyl sites for hydroxylation is 1. The molecule has 2 aromatic rings. The van der Waals surface area contributed by atoms with Gasteiger partial charge in [-0.1, -0.05) is 25.1 Å². The molecule has 1 aromatic heterocycles. The number of nitrogens with zero attached hydrogens (tertiary/aromatic N) is 4. The molecule has 1 aliphatic heterocycles. The van der Waals surface area contributed by atoms with Crippen LogP contribution in [0.25, 0.3) is 10.8 Å². The Kier molecular flexibility index (Phi) is 4.41. The Morgan fingerprint density at radius 2 is 1.92 bits per heavy atom. The lowest BCUT2D eigenvalue weighted by molar-refractivity contribution is -0.129. The molecule has 3 rings (SSSR count). The van der Waals surface area contributed by atoms with E-state index >= 15 is 0 Å². The van der Waals surface area contributed by atoms with Crippen LogP contribution in [0.2, 0.25) is 0 Å². The van der Waals surface area contributed by atoms with E-state index in [4.69, 9.17) is 0 Å². The van der Waals surface area contributed by atoms with Crippen LogP contribution in [-0.2, 0) is 18.3 Å². The van der Waals surface area contributed by atoms with E-state index in [1.165, 1.54) is 4.68 Å². The number of benzene rings is 1. The Morgan fingerprint density at radius 1 is 1.25 bits per heavy atom. The topological polar surface area (TPSA) is 58.4 Å². The van der Waals surface area contributed by atoms with Gasteiger partial charge < -0.3 is 9.80 Å². The predicted octanol–water partition coefficient (Wildman–Crippen LogP) is 0.884. The Bertz CT molecular complexity index is 827. The minimum atomic E-state index is -0.135. The quantitative estimate of drug-likeness (QED) is 0.839. The van der Waals surface area contributed by atoms with Crippen molar-refractivity contribution in [3.63, 3.8) is 0 Å². The summed E-state index contributed by atoms with van der Waals surface area (Å²) in [6.45, 7) is 3.69. The highest BCUT2D eigenvalue weighted by Crippen LogP contribution is 2.21. The molecule has 24 heavy (non-hydrogen) atoms. The van der Waals surface area contributed by atoms with Crippen molar-refractivity contribution in [1.29, 1.82) is 0 Å². The van der Waals surface area contributed by atoms with Crippen LogP contribution in [0.1, 0.15) is 12.6 Å². The molecule has 1 amide bonds. The molecule has 2 atom stereocenters. The maximum atomic E-state index is 12.7. The Labute approximate surface area is 141 Å². The third kappa shape index (κ3) is 2.94. The first-order valence-electron chi connectivity index (χ1n) is 8.27. The smallest absolute Gasteiger partial charge is 0.274 e. The third-order valence-corrected chi connectivity index (χ3v) is 4.94. The van der Waals surface area contributed by atoms with Crippen LogP contribution in [0.3, 0.4) is 0 Å². The second-order valence-corrected chi connectivity index (χ2v) is 6.90. The number of hydrogen-bond acceptors (Lipinski definition) is 4. The van der Waals surface area contributed by atoms with Gasteiger partial charge in [0.25, 0.3) is 5.56 Å². The summed E-state index contributed by atoms with van der Waals surface area (Å²) in [6.07, 6.45) is 0.224. The monoisotopic (exact) mass is 328 g/mol. The van der Waals surface area contributed by atoms with Crippen LogP contribution in [0.5, 0.6) is 0 Å². The molecule has 2 heterocycles. The van der Waals surface area contributed by atoms with E-state index in [1.54, 1.807) is 13.1 Å². The van der Waals surface area contributed by atoms with Gasteiger partial charge in [0.15, 0.2) is 0 Å². The molecule has 128 valence electrons. The fourth-order valence-electron chi connectivity index (χ4n) is 3.59. The van der Waals surface area contributed by atoms with E-state index in [9.17, 15) is 9.59 Å².